The van der Waals surface area contributed by atoms with Crippen molar-refractivity contribution in [2.75, 3.05) is 18.5 Å². The minimum absolute atomic E-state index is 0.141. The third-order valence-corrected chi connectivity index (χ3v) is 7.26. The van der Waals surface area contributed by atoms with Crippen LogP contribution in [-0.4, -0.2) is 50.6 Å². The average Bonchev–Trinajstić information content (AvgIpc) is 3.46. The predicted molar refractivity (Wildman–Crippen MR) is 131 cm³/mol. The zero-order chi connectivity index (χ0) is 25.0. The average molecular weight is 552 g/mol. The van der Waals surface area contributed by atoms with Gasteiger partial charge >= 0.3 is 11.9 Å². The maximum Gasteiger partial charge on any atom is 0.348 e. The van der Waals surface area contributed by atoms with Crippen molar-refractivity contribution in [3.63, 3.8) is 0 Å². The summed E-state index contributed by atoms with van der Waals surface area (Å²) in [5.41, 5.74) is 2.49. The van der Waals surface area contributed by atoms with E-state index < -0.39 is 17.8 Å². The summed E-state index contributed by atoms with van der Waals surface area (Å²) in [4.78, 5) is 38.2. The number of esters is 2. The summed E-state index contributed by atoms with van der Waals surface area (Å²) >= 11 is 4.47. The maximum absolute atomic E-state index is 12.9. The number of rotatable bonds is 9. The number of carbonyl (C=O) groups is 3. The molecule has 34 heavy (non-hydrogen) atoms. The molecular weight excluding hydrogens is 526 g/mol. The molecular formula is C22H26BrN5O5S. The van der Waals surface area contributed by atoms with Crippen LogP contribution in [0.1, 0.15) is 67.7 Å². The molecule has 1 amide bonds. The highest BCUT2D eigenvalue weighted by Gasteiger charge is 2.28. The second kappa shape index (κ2) is 11.0. The van der Waals surface area contributed by atoms with E-state index in [1.165, 1.54) is 0 Å². The first-order chi connectivity index (χ1) is 16.2. The topological polar surface area (TPSA) is 117 Å². The Balaban J connectivity index is 1.84. The van der Waals surface area contributed by atoms with Crippen LogP contribution < -0.4 is 5.32 Å². The highest BCUT2D eigenvalue weighted by atomic mass is 79.9. The molecule has 3 rings (SSSR count). The molecule has 3 heterocycles. The fraction of sp³-hybridized carbons (Fsp3) is 0.409. The van der Waals surface area contributed by atoms with E-state index in [1.54, 1.807) is 35.5 Å². The smallest absolute Gasteiger partial charge is 0.348 e. The molecule has 0 saturated heterocycles. The molecule has 0 spiro atoms. The van der Waals surface area contributed by atoms with E-state index in [0.29, 0.717) is 18.7 Å². The van der Waals surface area contributed by atoms with E-state index in [0.717, 1.165) is 27.2 Å². The number of aromatic nitrogens is 4. The lowest BCUT2D eigenvalue weighted by Crippen LogP contribution is -2.17. The van der Waals surface area contributed by atoms with Crippen LogP contribution in [0.2, 0.25) is 0 Å². The zero-order valence-corrected chi connectivity index (χ0v) is 22.0. The minimum Gasteiger partial charge on any atom is -0.462 e. The minimum atomic E-state index is -0.609. The quantitative estimate of drug-likeness (QED) is 0.393. The number of thiophene rings is 1. The van der Waals surface area contributed by atoms with E-state index >= 15 is 0 Å². The zero-order valence-electron chi connectivity index (χ0n) is 19.6. The van der Waals surface area contributed by atoms with Crippen LogP contribution in [0.15, 0.2) is 16.7 Å². The van der Waals surface area contributed by atoms with Crippen LogP contribution in [0.25, 0.3) is 0 Å². The van der Waals surface area contributed by atoms with Crippen molar-refractivity contribution in [1.82, 2.24) is 19.6 Å². The first kappa shape index (κ1) is 25.6. The Kier molecular flexibility index (Phi) is 8.26. The molecule has 0 aliphatic heterocycles. The standard InChI is InChI=1S/C22H26BrN5O5S/c1-6-10-33-21(30)16-12(3)18(22(31)32-7-2)34-20(16)24-19(29)15-8-9-27(26-15)11-28-14(5)17(23)13(4)25-28/h8-9H,6-7,10-11H2,1-5H3,(H,24,29). The molecule has 0 atom stereocenters. The number of nitrogens with one attached hydrogen (secondary N) is 1. The monoisotopic (exact) mass is 551 g/mol. The number of ether oxygens (including phenoxy) is 2. The van der Waals surface area contributed by atoms with Gasteiger partial charge in [0.25, 0.3) is 5.91 Å². The van der Waals surface area contributed by atoms with Gasteiger partial charge in [-0.25, -0.2) is 14.3 Å². The fourth-order valence-electron chi connectivity index (χ4n) is 3.18. The van der Waals surface area contributed by atoms with Crippen LogP contribution >= 0.6 is 27.3 Å². The van der Waals surface area contributed by atoms with E-state index in [1.807, 2.05) is 20.8 Å². The Morgan fingerprint density at radius 3 is 2.47 bits per heavy atom. The highest BCUT2D eigenvalue weighted by molar-refractivity contribution is 9.10. The van der Waals surface area contributed by atoms with Crippen LogP contribution in [0.5, 0.6) is 0 Å². The summed E-state index contributed by atoms with van der Waals surface area (Å²) in [5, 5.41) is 11.7. The van der Waals surface area contributed by atoms with Crippen molar-refractivity contribution in [3.05, 3.63) is 49.8 Å². The normalized spacial score (nSPS) is 10.9. The Morgan fingerprint density at radius 1 is 1.12 bits per heavy atom. The SMILES string of the molecule is CCCOC(=O)c1c(NC(=O)c2ccn(Cn3nc(C)c(Br)c3C)n2)sc(C(=O)OCC)c1C. The number of hydrogen-bond donors (Lipinski definition) is 1. The van der Waals surface area contributed by atoms with E-state index in [-0.39, 0.29) is 34.3 Å². The number of amides is 1. The van der Waals surface area contributed by atoms with Crippen LogP contribution in [0, 0.1) is 20.8 Å². The number of aryl methyl sites for hydroxylation is 1. The second-order valence-corrected chi connectivity index (χ2v) is 9.25. The van der Waals surface area contributed by atoms with Crippen molar-refractivity contribution < 1.29 is 23.9 Å². The maximum atomic E-state index is 12.9. The lowest BCUT2D eigenvalue weighted by Gasteiger charge is -2.07. The van der Waals surface area contributed by atoms with Crippen molar-refractivity contribution in [2.24, 2.45) is 0 Å². The Morgan fingerprint density at radius 2 is 1.85 bits per heavy atom. The van der Waals surface area contributed by atoms with Gasteiger partial charge in [0.15, 0.2) is 5.69 Å². The number of anilines is 1. The van der Waals surface area contributed by atoms with E-state index in [9.17, 15) is 14.4 Å². The van der Waals surface area contributed by atoms with Gasteiger partial charge in [-0.05, 0) is 61.7 Å². The molecule has 0 aliphatic rings. The number of nitrogens with zero attached hydrogens (tertiary/aromatic N) is 4. The largest absolute Gasteiger partial charge is 0.462 e. The lowest BCUT2D eigenvalue weighted by molar-refractivity contribution is 0.0506. The molecule has 3 aromatic heterocycles. The highest BCUT2D eigenvalue weighted by Crippen LogP contribution is 2.34. The van der Waals surface area contributed by atoms with Gasteiger partial charge in [-0.1, -0.05) is 6.92 Å². The number of carbonyl (C=O) groups excluding carboxylic acids is 3. The summed E-state index contributed by atoms with van der Waals surface area (Å²) in [6.07, 6.45) is 2.31. The number of halogens is 1. The fourth-order valence-corrected chi connectivity index (χ4v) is 4.55. The molecule has 0 bridgehead atoms. The summed E-state index contributed by atoms with van der Waals surface area (Å²) < 4.78 is 14.6. The molecule has 0 unspecified atom stereocenters. The molecule has 182 valence electrons. The van der Waals surface area contributed by atoms with Crippen molar-refractivity contribution in [2.45, 2.75) is 47.7 Å². The van der Waals surface area contributed by atoms with Crippen LogP contribution in [-0.2, 0) is 16.1 Å². The van der Waals surface area contributed by atoms with Gasteiger partial charge in [0.2, 0.25) is 0 Å². The third kappa shape index (κ3) is 5.39. The Labute approximate surface area is 209 Å². The van der Waals surface area contributed by atoms with Crippen molar-refractivity contribution in [1.29, 1.82) is 0 Å². The van der Waals surface area contributed by atoms with Gasteiger partial charge in [-0.2, -0.15) is 10.2 Å². The molecule has 0 radical (unpaired) electrons. The second-order valence-electron chi connectivity index (χ2n) is 7.44. The van der Waals surface area contributed by atoms with Gasteiger partial charge in [-0.15, -0.1) is 11.3 Å². The molecule has 12 heteroatoms. The molecule has 1 N–H and O–H groups in total. The molecule has 0 aliphatic carbocycles. The number of hydrogen-bond acceptors (Lipinski definition) is 8. The summed E-state index contributed by atoms with van der Waals surface area (Å²) in [6, 6.07) is 1.57. The first-order valence-corrected chi connectivity index (χ1v) is 12.3. The third-order valence-electron chi connectivity index (χ3n) is 4.92. The first-order valence-electron chi connectivity index (χ1n) is 10.7. The van der Waals surface area contributed by atoms with Crippen LogP contribution in [0.3, 0.4) is 0 Å². The Hall–Kier alpha value is -2.99. The predicted octanol–water partition coefficient (Wildman–Crippen LogP) is 4.33. The summed E-state index contributed by atoms with van der Waals surface area (Å²) in [7, 11) is 0. The van der Waals surface area contributed by atoms with Crippen LogP contribution in [0.4, 0.5) is 5.00 Å². The Bertz CT molecular complexity index is 1230. The van der Waals surface area contributed by atoms with Crippen molar-refractivity contribution >= 4 is 50.1 Å². The van der Waals surface area contributed by atoms with Gasteiger partial charge in [0.1, 0.15) is 16.5 Å². The lowest BCUT2D eigenvalue weighted by atomic mass is 10.1. The molecule has 0 aromatic carbocycles. The van der Waals surface area contributed by atoms with Gasteiger partial charge < -0.3 is 14.8 Å². The molecule has 10 nitrogen and oxygen atoms in total. The van der Waals surface area contributed by atoms with Gasteiger partial charge in [0, 0.05) is 6.20 Å². The van der Waals surface area contributed by atoms with E-state index in [4.69, 9.17) is 9.47 Å². The summed E-state index contributed by atoms with van der Waals surface area (Å²) in [5.74, 6) is -1.69. The van der Waals surface area contributed by atoms with E-state index in [2.05, 4.69) is 31.4 Å². The van der Waals surface area contributed by atoms with Crippen molar-refractivity contribution in [3.8, 4) is 0 Å². The van der Waals surface area contributed by atoms with Gasteiger partial charge in [0.05, 0.1) is 34.6 Å². The summed E-state index contributed by atoms with van der Waals surface area (Å²) in [6.45, 7) is 9.77. The van der Waals surface area contributed by atoms with Gasteiger partial charge in [-0.3, -0.25) is 9.48 Å². The molecule has 0 fully saturated rings. The molecule has 3 aromatic rings. The molecule has 0 saturated carbocycles.